The summed E-state index contributed by atoms with van der Waals surface area (Å²) >= 11 is 0. The Morgan fingerprint density at radius 2 is 1.63 bits per heavy atom. The highest BCUT2D eigenvalue weighted by Crippen LogP contribution is 2.35. The van der Waals surface area contributed by atoms with Crippen molar-refractivity contribution in [2.75, 3.05) is 0 Å². The van der Waals surface area contributed by atoms with Crippen molar-refractivity contribution in [2.24, 2.45) is 0 Å². The number of amides is 2. The van der Waals surface area contributed by atoms with Gasteiger partial charge in [0.1, 0.15) is 11.3 Å². The molecule has 218 valence electrons. The third-order valence-electron chi connectivity index (χ3n) is 7.02. The molecule has 1 saturated heterocycles. The zero-order chi connectivity index (χ0) is 29.9. The molecule has 2 aliphatic rings. The lowest BCUT2D eigenvalue weighted by molar-refractivity contribution is -0.196. The monoisotopic (exact) mass is 563 g/mol. The van der Waals surface area contributed by atoms with E-state index < -0.39 is 35.0 Å². The van der Waals surface area contributed by atoms with Crippen molar-refractivity contribution in [2.45, 2.75) is 84.5 Å². The van der Waals surface area contributed by atoms with E-state index in [0.29, 0.717) is 17.0 Å². The van der Waals surface area contributed by atoms with Crippen LogP contribution in [0.4, 0.5) is 0 Å². The zero-order valence-electron chi connectivity index (χ0n) is 24.2. The molecule has 2 heterocycles. The second-order valence-electron chi connectivity index (χ2n) is 11.5. The fourth-order valence-corrected chi connectivity index (χ4v) is 4.94. The number of nitrogens with one attached hydrogen (secondary N) is 1. The van der Waals surface area contributed by atoms with Crippen LogP contribution in [-0.2, 0) is 30.5 Å². The molecule has 41 heavy (non-hydrogen) atoms. The van der Waals surface area contributed by atoms with E-state index in [4.69, 9.17) is 9.57 Å². The van der Waals surface area contributed by atoms with Crippen LogP contribution in [0, 0.1) is 0 Å². The Kier molecular flexibility index (Phi) is 8.42. The van der Waals surface area contributed by atoms with Gasteiger partial charge in [0.05, 0.1) is 5.56 Å². The largest absolute Gasteiger partial charge is 0.493 e. The number of carbonyl (C=O) groups is 4. The number of hydroxylamine groups is 2. The molecule has 0 spiro atoms. The first-order valence-corrected chi connectivity index (χ1v) is 13.8. The summed E-state index contributed by atoms with van der Waals surface area (Å²) in [7, 11) is 0. The Bertz CT molecular complexity index is 1360. The van der Waals surface area contributed by atoms with Gasteiger partial charge >= 0.3 is 11.9 Å². The van der Waals surface area contributed by atoms with E-state index >= 15 is 0 Å². The van der Waals surface area contributed by atoms with Crippen LogP contribution in [-0.4, -0.2) is 50.1 Å². The van der Waals surface area contributed by atoms with E-state index in [1.807, 2.05) is 71.0 Å². The number of imide groups is 1. The number of ether oxygens (including phenoxy) is 1. The highest BCUT2D eigenvalue weighted by Gasteiger charge is 2.46. The number of hydrogen-bond donors (Lipinski definition) is 2. The van der Waals surface area contributed by atoms with Crippen molar-refractivity contribution >= 4 is 23.8 Å². The summed E-state index contributed by atoms with van der Waals surface area (Å²) in [6.45, 7) is 9.60. The minimum Gasteiger partial charge on any atom is -0.493 e. The van der Waals surface area contributed by atoms with Crippen LogP contribution in [0.25, 0.3) is 11.1 Å². The molecule has 0 radical (unpaired) electrons. The number of hydrogen-bond acceptors (Lipinski definition) is 9. The second kappa shape index (κ2) is 11.6. The van der Waals surface area contributed by atoms with E-state index in [0.717, 1.165) is 29.5 Å². The maximum absolute atomic E-state index is 13.2. The standard InChI is InChI=1S/C31H37N3O7/c1-6-7-18-31(5)32-27(37)26(29(39)41-34-24(35)16-17-25(34)36)33(31)19-20-12-14-21(15-13-20)22-10-8-9-11-23(22)28(38)40-30(2,3)4/h8-15,32,37H,6-7,16-19H2,1-5H3. The lowest BCUT2D eigenvalue weighted by Gasteiger charge is -2.38. The van der Waals surface area contributed by atoms with E-state index in [9.17, 15) is 24.3 Å². The summed E-state index contributed by atoms with van der Waals surface area (Å²) in [6.07, 6.45) is 2.26. The molecule has 1 atom stereocenters. The smallest absolute Gasteiger partial charge is 0.385 e. The molecule has 1 fully saturated rings. The zero-order valence-corrected chi connectivity index (χ0v) is 24.2. The number of rotatable bonds is 9. The molecule has 2 aromatic rings. The lowest BCUT2D eigenvalue weighted by Crippen LogP contribution is -2.50. The highest BCUT2D eigenvalue weighted by atomic mass is 16.7. The fraction of sp³-hybridized carbons (Fsp3) is 0.419. The number of carbonyl (C=O) groups excluding carboxylic acids is 4. The molecule has 2 amide bonds. The summed E-state index contributed by atoms with van der Waals surface area (Å²) < 4.78 is 5.59. The van der Waals surface area contributed by atoms with Gasteiger partial charge in [-0.2, -0.15) is 0 Å². The van der Waals surface area contributed by atoms with Crippen molar-refractivity contribution in [1.29, 1.82) is 0 Å². The molecule has 2 aromatic carbocycles. The predicted molar refractivity (Wildman–Crippen MR) is 150 cm³/mol. The second-order valence-corrected chi connectivity index (χ2v) is 11.5. The van der Waals surface area contributed by atoms with Gasteiger partial charge in [-0.25, -0.2) is 9.59 Å². The maximum Gasteiger partial charge on any atom is 0.385 e. The molecule has 10 nitrogen and oxygen atoms in total. The van der Waals surface area contributed by atoms with E-state index in [1.54, 1.807) is 17.0 Å². The predicted octanol–water partition coefficient (Wildman–Crippen LogP) is 4.95. The van der Waals surface area contributed by atoms with Crippen LogP contribution in [0.15, 0.2) is 60.1 Å². The van der Waals surface area contributed by atoms with Gasteiger partial charge in [-0.05, 0) is 63.3 Å². The molecule has 0 bridgehead atoms. The van der Waals surface area contributed by atoms with Crippen molar-refractivity contribution in [3.8, 4) is 11.1 Å². The summed E-state index contributed by atoms with van der Waals surface area (Å²) in [5.74, 6) is -2.99. The SMILES string of the molecule is CCCCC1(C)NC(O)=C(C(=O)ON2C(=O)CCC2=O)N1Cc1ccc(-c2ccccc2C(=O)OC(C)(C)C)cc1. The van der Waals surface area contributed by atoms with Gasteiger partial charge in [-0.1, -0.05) is 55.8 Å². The number of benzene rings is 2. The third-order valence-corrected chi connectivity index (χ3v) is 7.02. The Balaban J connectivity index is 1.60. The van der Waals surface area contributed by atoms with Crippen LogP contribution in [0.2, 0.25) is 0 Å². The Morgan fingerprint density at radius 3 is 2.24 bits per heavy atom. The number of aliphatic hydroxyl groups is 1. The number of aliphatic hydroxyl groups excluding tert-OH is 1. The van der Waals surface area contributed by atoms with E-state index in [1.165, 1.54) is 0 Å². The number of nitrogens with zero attached hydrogens (tertiary/aromatic N) is 2. The highest BCUT2D eigenvalue weighted by molar-refractivity contribution is 6.02. The summed E-state index contributed by atoms with van der Waals surface area (Å²) in [4.78, 5) is 57.0. The van der Waals surface area contributed by atoms with Crippen LogP contribution in [0.1, 0.15) is 82.6 Å². The van der Waals surface area contributed by atoms with Crippen LogP contribution in [0.3, 0.4) is 0 Å². The molecule has 0 saturated carbocycles. The fourth-order valence-electron chi connectivity index (χ4n) is 4.94. The minimum absolute atomic E-state index is 0.0310. The van der Waals surface area contributed by atoms with Gasteiger partial charge in [-0.15, -0.1) is 5.06 Å². The summed E-state index contributed by atoms with van der Waals surface area (Å²) in [6, 6.07) is 14.8. The molecule has 4 rings (SSSR count). The summed E-state index contributed by atoms with van der Waals surface area (Å²) in [5.41, 5.74) is 1.20. The first-order valence-electron chi connectivity index (χ1n) is 13.8. The van der Waals surface area contributed by atoms with Gasteiger partial charge < -0.3 is 24.9 Å². The first kappa shape index (κ1) is 29.6. The molecule has 0 aromatic heterocycles. The maximum atomic E-state index is 13.2. The lowest BCUT2D eigenvalue weighted by atomic mass is 9.97. The van der Waals surface area contributed by atoms with Crippen molar-refractivity contribution in [3.05, 3.63) is 71.2 Å². The molecule has 2 aliphatic heterocycles. The quantitative estimate of drug-likeness (QED) is 0.322. The summed E-state index contributed by atoms with van der Waals surface area (Å²) in [5, 5.41) is 14.3. The van der Waals surface area contributed by atoms with Gasteiger partial charge in [0.25, 0.3) is 11.8 Å². The van der Waals surface area contributed by atoms with Crippen LogP contribution in [0.5, 0.6) is 0 Å². The van der Waals surface area contributed by atoms with Gasteiger partial charge in [0.15, 0.2) is 5.70 Å². The number of esters is 1. The van der Waals surface area contributed by atoms with E-state index in [-0.39, 0.29) is 31.0 Å². The molecule has 0 aliphatic carbocycles. The van der Waals surface area contributed by atoms with Gasteiger partial charge in [0.2, 0.25) is 5.88 Å². The van der Waals surface area contributed by atoms with Crippen LogP contribution >= 0.6 is 0 Å². The minimum atomic E-state index is -0.998. The average Bonchev–Trinajstić information content (AvgIpc) is 3.36. The van der Waals surface area contributed by atoms with Crippen molar-refractivity contribution < 1.29 is 33.9 Å². The van der Waals surface area contributed by atoms with Gasteiger partial charge in [0, 0.05) is 19.4 Å². The number of unbranched alkanes of at least 4 members (excludes halogenated alkanes) is 1. The molecular weight excluding hydrogens is 526 g/mol. The average molecular weight is 564 g/mol. The topological polar surface area (TPSA) is 125 Å². The molecule has 2 N–H and O–H groups in total. The van der Waals surface area contributed by atoms with Crippen molar-refractivity contribution in [1.82, 2.24) is 15.3 Å². The first-order chi connectivity index (χ1) is 19.3. The molecule has 10 heteroatoms. The van der Waals surface area contributed by atoms with Gasteiger partial charge in [-0.3, -0.25) is 9.59 Å². The van der Waals surface area contributed by atoms with E-state index in [2.05, 4.69) is 5.32 Å². The Morgan fingerprint density at radius 1 is 1.00 bits per heavy atom. The Labute approximate surface area is 239 Å². The Hall–Kier alpha value is -4.34. The normalized spacial score (nSPS) is 19.0. The molecule has 1 unspecified atom stereocenters. The third kappa shape index (κ3) is 6.53. The molecular formula is C31H37N3O7. The van der Waals surface area contributed by atoms with Crippen molar-refractivity contribution in [3.63, 3.8) is 0 Å². The van der Waals surface area contributed by atoms with Crippen LogP contribution < -0.4 is 5.32 Å².